The molecule has 2 unspecified atom stereocenters. The van der Waals surface area contributed by atoms with E-state index in [4.69, 9.17) is 28.9 Å². The first kappa shape index (κ1) is 16.9. The minimum atomic E-state index is 0.188. The van der Waals surface area contributed by atoms with Gasteiger partial charge in [0.05, 0.1) is 5.75 Å². The third-order valence-electron chi connectivity index (χ3n) is 3.81. The summed E-state index contributed by atoms with van der Waals surface area (Å²) in [5.41, 5.74) is 6.70. The van der Waals surface area contributed by atoms with Crippen molar-refractivity contribution in [3.05, 3.63) is 33.8 Å². The van der Waals surface area contributed by atoms with Gasteiger partial charge in [-0.3, -0.25) is 4.79 Å². The summed E-state index contributed by atoms with van der Waals surface area (Å²) < 4.78 is 0. The number of rotatable bonds is 5. The summed E-state index contributed by atoms with van der Waals surface area (Å²) in [5.74, 6) is 1.82. The summed E-state index contributed by atoms with van der Waals surface area (Å²) in [6.07, 6.45) is 1.01. The number of carbonyl (C=O) groups is 1. The van der Waals surface area contributed by atoms with Gasteiger partial charge in [0.1, 0.15) is 0 Å². The van der Waals surface area contributed by atoms with Gasteiger partial charge in [-0.2, -0.15) is 0 Å². The highest BCUT2D eigenvalue weighted by Gasteiger charge is 2.31. The van der Waals surface area contributed by atoms with E-state index in [0.717, 1.165) is 18.5 Å². The van der Waals surface area contributed by atoms with Crippen molar-refractivity contribution >= 4 is 40.9 Å². The zero-order valence-corrected chi connectivity index (χ0v) is 14.3. The van der Waals surface area contributed by atoms with Crippen molar-refractivity contribution in [1.82, 2.24) is 4.90 Å². The highest BCUT2D eigenvalue weighted by Crippen LogP contribution is 2.26. The average molecular weight is 347 g/mol. The maximum Gasteiger partial charge on any atom is 0.232 e. The van der Waals surface area contributed by atoms with Crippen LogP contribution in [0, 0.1) is 5.92 Å². The average Bonchev–Trinajstić information content (AvgIpc) is 2.82. The van der Waals surface area contributed by atoms with Gasteiger partial charge in [-0.05, 0) is 43.5 Å². The van der Waals surface area contributed by atoms with E-state index in [9.17, 15) is 4.79 Å². The van der Waals surface area contributed by atoms with Gasteiger partial charge in [0, 0.05) is 28.4 Å². The number of likely N-dealkylation sites (tertiary alicyclic amines) is 1. The van der Waals surface area contributed by atoms with Gasteiger partial charge in [-0.15, -0.1) is 11.8 Å². The molecule has 0 saturated carbocycles. The van der Waals surface area contributed by atoms with Crippen LogP contribution in [0.1, 0.15) is 18.9 Å². The molecule has 1 aromatic carbocycles. The van der Waals surface area contributed by atoms with Gasteiger partial charge in [-0.25, -0.2) is 0 Å². The van der Waals surface area contributed by atoms with Gasteiger partial charge < -0.3 is 10.6 Å². The summed E-state index contributed by atoms with van der Waals surface area (Å²) in [4.78, 5) is 14.2. The maximum atomic E-state index is 12.3. The molecule has 1 fully saturated rings. The van der Waals surface area contributed by atoms with Crippen LogP contribution in [0.3, 0.4) is 0 Å². The molecule has 1 amide bonds. The van der Waals surface area contributed by atoms with E-state index < -0.39 is 0 Å². The Labute approximate surface area is 140 Å². The Hall–Kier alpha value is -0.420. The van der Waals surface area contributed by atoms with Crippen molar-refractivity contribution < 1.29 is 4.79 Å². The molecular weight excluding hydrogens is 327 g/mol. The first-order chi connectivity index (χ1) is 10.0. The second-order valence-corrected chi connectivity index (χ2v) is 7.29. The second kappa shape index (κ2) is 7.73. The van der Waals surface area contributed by atoms with Crippen LogP contribution in [0.4, 0.5) is 0 Å². The highest BCUT2D eigenvalue weighted by atomic mass is 35.5. The van der Waals surface area contributed by atoms with Gasteiger partial charge in [0.2, 0.25) is 5.91 Å². The molecule has 0 spiro atoms. The summed E-state index contributed by atoms with van der Waals surface area (Å²) in [6, 6.07) is 5.76. The number of thioether (sulfide) groups is 1. The monoisotopic (exact) mass is 346 g/mol. The first-order valence-corrected chi connectivity index (χ1v) is 8.93. The molecule has 0 aromatic heterocycles. The summed E-state index contributed by atoms with van der Waals surface area (Å²) in [7, 11) is 0. The van der Waals surface area contributed by atoms with Crippen LogP contribution in [-0.4, -0.2) is 35.7 Å². The third kappa shape index (κ3) is 4.52. The van der Waals surface area contributed by atoms with Crippen LogP contribution in [0.2, 0.25) is 10.0 Å². The van der Waals surface area contributed by atoms with Crippen molar-refractivity contribution in [1.29, 1.82) is 0 Å². The van der Waals surface area contributed by atoms with Crippen LogP contribution in [0.15, 0.2) is 18.2 Å². The van der Waals surface area contributed by atoms with Gasteiger partial charge in [-0.1, -0.05) is 29.3 Å². The molecule has 1 aliphatic rings. The van der Waals surface area contributed by atoms with Gasteiger partial charge in [0.15, 0.2) is 0 Å². The topological polar surface area (TPSA) is 46.3 Å². The Morgan fingerprint density at radius 2 is 2.24 bits per heavy atom. The number of carbonyl (C=O) groups excluding carboxylic acids is 1. The zero-order chi connectivity index (χ0) is 15.4. The number of hydrogen-bond donors (Lipinski definition) is 1. The van der Waals surface area contributed by atoms with Crippen LogP contribution < -0.4 is 5.73 Å². The molecule has 0 aliphatic carbocycles. The fourth-order valence-electron chi connectivity index (χ4n) is 2.63. The fraction of sp³-hybridized carbons (Fsp3) is 0.533. The molecule has 0 radical (unpaired) electrons. The second-order valence-electron chi connectivity index (χ2n) is 5.46. The molecule has 2 atom stereocenters. The molecule has 2 rings (SSSR count). The predicted molar refractivity (Wildman–Crippen MR) is 91.0 cm³/mol. The molecule has 2 N–H and O–H groups in total. The van der Waals surface area contributed by atoms with E-state index in [0.29, 0.717) is 40.1 Å². The molecular formula is C15H20Cl2N2OS. The SMILES string of the molecule is CC1CC(CN)CN1C(=O)CSCc1ccc(Cl)cc1Cl. The predicted octanol–water partition coefficient (Wildman–Crippen LogP) is 3.42. The quantitative estimate of drug-likeness (QED) is 0.888. The van der Waals surface area contributed by atoms with E-state index in [-0.39, 0.29) is 5.91 Å². The van der Waals surface area contributed by atoms with E-state index in [2.05, 4.69) is 6.92 Å². The minimum Gasteiger partial charge on any atom is -0.339 e. The van der Waals surface area contributed by atoms with Crippen LogP contribution in [0.25, 0.3) is 0 Å². The van der Waals surface area contributed by atoms with Crippen LogP contribution in [0.5, 0.6) is 0 Å². The summed E-state index contributed by atoms with van der Waals surface area (Å²) in [6.45, 7) is 3.54. The molecule has 1 aliphatic heterocycles. The van der Waals surface area contributed by atoms with Gasteiger partial charge in [0.25, 0.3) is 0 Å². The maximum absolute atomic E-state index is 12.3. The van der Waals surface area contributed by atoms with E-state index in [1.54, 1.807) is 17.8 Å². The number of nitrogens with zero attached hydrogens (tertiary/aromatic N) is 1. The number of amides is 1. The Kier molecular flexibility index (Phi) is 6.23. The highest BCUT2D eigenvalue weighted by molar-refractivity contribution is 7.99. The molecule has 116 valence electrons. The van der Waals surface area contributed by atoms with Crippen molar-refractivity contribution in [2.45, 2.75) is 25.1 Å². The van der Waals surface area contributed by atoms with Crippen molar-refractivity contribution in [3.63, 3.8) is 0 Å². The lowest BCUT2D eigenvalue weighted by atomic mass is 10.1. The molecule has 1 heterocycles. The normalized spacial score (nSPS) is 21.8. The smallest absolute Gasteiger partial charge is 0.232 e. The number of benzene rings is 1. The van der Waals surface area contributed by atoms with E-state index >= 15 is 0 Å². The lowest BCUT2D eigenvalue weighted by Crippen LogP contribution is -2.35. The fourth-order valence-corrected chi connectivity index (χ4v) is 4.10. The Balaban J connectivity index is 1.82. The molecule has 21 heavy (non-hydrogen) atoms. The van der Waals surface area contributed by atoms with E-state index in [1.165, 1.54) is 0 Å². The molecule has 1 saturated heterocycles. The lowest BCUT2D eigenvalue weighted by Gasteiger charge is -2.21. The Bertz CT molecular complexity index is 512. The van der Waals surface area contributed by atoms with Crippen molar-refractivity contribution in [2.75, 3.05) is 18.8 Å². The lowest BCUT2D eigenvalue weighted by molar-refractivity contribution is -0.128. The molecule has 0 bridgehead atoms. The molecule has 1 aromatic rings. The molecule has 6 heteroatoms. The molecule has 3 nitrogen and oxygen atoms in total. The standard InChI is InChI=1S/C15H20Cl2N2OS/c1-10-4-11(6-18)7-19(10)15(20)9-21-8-12-2-3-13(16)5-14(12)17/h2-3,5,10-11H,4,6-9,18H2,1H3. The van der Waals surface area contributed by atoms with Crippen molar-refractivity contribution in [2.24, 2.45) is 11.7 Å². The van der Waals surface area contributed by atoms with Gasteiger partial charge >= 0.3 is 0 Å². The van der Waals surface area contributed by atoms with Crippen molar-refractivity contribution in [3.8, 4) is 0 Å². The zero-order valence-electron chi connectivity index (χ0n) is 12.0. The van der Waals surface area contributed by atoms with Crippen LogP contribution >= 0.6 is 35.0 Å². The third-order valence-corrected chi connectivity index (χ3v) is 5.37. The number of hydrogen-bond acceptors (Lipinski definition) is 3. The van der Waals surface area contributed by atoms with Crippen LogP contribution in [-0.2, 0) is 10.5 Å². The number of nitrogens with two attached hydrogens (primary N) is 1. The minimum absolute atomic E-state index is 0.188. The largest absolute Gasteiger partial charge is 0.339 e. The first-order valence-electron chi connectivity index (χ1n) is 7.02. The van der Waals surface area contributed by atoms with E-state index in [1.807, 2.05) is 17.0 Å². The Morgan fingerprint density at radius 1 is 1.48 bits per heavy atom. The Morgan fingerprint density at radius 3 is 2.86 bits per heavy atom. The summed E-state index contributed by atoms with van der Waals surface area (Å²) in [5, 5.41) is 1.28. The summed E-state index contributed by atoms with van der Waals surface area (Å²) >= 11 is 13.6. The number of halogens is 2.